The molecule has 1 aromatic carbocycles. The molecule has 0 aliphatic carbocycles. The molecule has 0 aliphatic rings. The van der Waals surface area contributed by atoms with Gasteiger partial charge in [0.25, 0.3) is 0 Å². The van der Waals surface area contributed by atoms with E-state index < -0.39 is 0 Å². The number of hydrogen-bond acceptors (Lipinski definition) is 2. The van der Waals surface area contributed by atoms with Crippen molar-refractivity contribution in [3.05, 3.63) is 29.8 Å². The summed E-state index contributed by atoms with van der Waals surface area (Å²) >= 11 is 5.34. The summed E-state index contributed by atoms with van der Waals surface area (Å²) in [6.07, 6.45) is 1.32. The van der Waals surface area contributed by atoms with Crippen LogP contribution in [0.1, 0.15) is 38.2 Å². The van der Waals surface area contributed by atoms with Crippen LogP contribution in [0.4, 0.5) is 5.69 Å². The van der Waals surface area contributed by atoms with Gasteiger partial charge in [0.2, 0.25) is 11.8 Å². The molecule has 4 nitrogen and oxygen atoms in total. The fraction of sp³-hybridized carbons (Fsp3) is 0.467. The number of nitrogens with one attached hydrogen (secondary N) is 2. The molecule has 5 heteroatoms. The van der Waals surface area contributed by atoms with Crippen LogP contribution in [0.5, 0.6) is 0 Å². The largest absolute Gasteiger partial charge is 0.355 e. The van der Waals surface area contributed by atoms with Gasteiger partial charge in [-0.05, 0) is 30.0 Å². The Hall–Kier alpha value is -1.55. The van der Waals surface area contributed by atoms with Gasteiger partial charge in [-0.15, -0.1) is 11.6 Å². The summed E-state index contributed by atoms with van der Waals surface area (Å²) in [5.41, 5.74) is 2.03. The zero-order valence-corrected chi connectivity index (χ0v) is 12.7. The van der Waals surface area contributed by atoms with Gasteiger partial charge in [0.1, 0.15) is 5.88 Å². The van der Waals surface area contributed by atoms with Gasteiger partial charge in [0.15, 0.2) is 0 Å². The zero-order chi connectivity index (χ0) is 15.0. The summed E-state index contributed by atoms with van der Waals surface area (Å²) in [7, 11) is 0. The minimum Gasteiger partial charge on any atom is -0.355 e. The van der Waals surface area contributed by atoms with Crippen molar-refractivity contribution in [1.82, 2.24) is 5.32 Å². The number of carbonyl (C=O) groups excluding carboxylic acids is 2. The zero-order valence-electron chi connectivity index (χ0n) is 11.9. The van der Waals surface area contributed by atoms with Crippen LogP contribution >= 0.6 is 11.6 Å². The van der Waals surface area contributed by atoms with Gasteiger partial charge < -0.3 is 10.6 Å². The van der Waals surface area contributed by atoms with Gasteiger partial charge in [-0.2, -0.15) is 0 Å². The first-order valence-electron chi connectivity index (χ1n) is 6.79. The molecule has 2 amide bonds. The predicted molar refractivity (Wildman–Crippen MR) is 82.1 cm³/mol. The van der Waals surface area contributed by atoms with Crippen molar-refractivity contribution in [2.75, 3.05) is 17.7 Å². The average Bonchev–Trinajstić information content (AvgIpc) is 2.47. The highest BCUT2D eigenvalue weighted by molar-refractivity contribution is 6.27. The van der Waals surface area contributed by atoms with E-state index in [-0.39, 0.29) is 24.1 Å². The smallest absolute Gasteiger partial charge is 0.234 e. The van der Waals surface area contributed by atoms with Crippen LogP contribution in [0.25, 0.3) is 0 Å². The predicted octanol–water partition coefficient (Wildman–Crippen LogP) is 2.88. The molecule has 1 aromatic rings. The normalized spacial score (nSPS) is 11.8. The highest BCUT2D eigenvalue weighted by Crippen LogP contribution is 2.20. The molecule has 0 saturated heterocycles. The minimum atomic E-state index is -0.266. The lowest BCUT2D eigenvalue weighted by Gasteiger charge is -2.10. The van der Waals surface area contributed by atoms with E-state index in [9.17, 15) is 9.59 Å². The van der Waals surface area contributed by atoms with E-state index in [1.807, 2.05) is 24.3 Å². The Morgan fingerprint density at radius 1 is 1.20 bits per heavy atom. The van der Waals surface area contributed by atoms with Crippen LogP contribution in [0, 0.1) is 0 Å². The first-order valence-corrected chi connectivity index (χ1v) is 7.32. The lowest BCUT2D eigenvalue weighted by molar-refractivity contribution is -0.119. The SMILES string of the molecule is CC[C@H](C)c1ccc(NC(=O)CCNC(=O)CCl)cc1. The molecule has 0 fully saturated rings. The summed E-state index contributed by atoms with van der Waals surface area (Å²) in [5, 5.41) is 5.34. The fourth-order valence-corrected chi connectivity index (χ4v) is 1.81. The monoisotopic (exact) mass is 296 g/mol. The van der Waals surface area contributed by atoms with Crippen molar-refractivity contribution < 1.29 is 9.59 Å². The van der Waals surface area contributed by atoms with Crippen LogP contribution in [0.15, 0.2) is 24.3 Å². The van der Waals surface area contributed by atoms with Crippen molar-refractivity contribution in [3.63, 3.8) is 0 Å². The molecule has 0 unspecified atom stereocenters. The highest BCUT2D eigenvalue weighted by Gasteiger charge is 2.05. The summed E-state index contributed by atoms with van der Waals surface area (Å²) in [6, 6.07) is 7.85. The Morgan fingerprint density at radius 3 is 2.40 bits per heavy atom. The Balaban J connectivity index is 2.40. The molecule has 2 N–H and O–H groups in total. The molecule has 0 bridgehead atoms. The fourth-order valence-electron chi connectivity index (χ4n) is 1.72. The number of anilines is 1. The van der Waals surface area contributed by atoms with Gasteiger partial charge in [-0.3, -0.25) is 9.59 Å². The van der Waals surface area contributed by atoms with Crippen molar-refractivity contribution >= 4 is 29.1 Å². The summed E-state index contributed by atoms with van der Waals surface area (Å²) in [5.74, 6) is 0.0395. The van der Waals surface area contributed by atoms with Crippen LogP contribution in [-0.2, 0) is 9.59 Å². The van der Waals surface area contributed by atoms with Gasteiger partial charge >= 0.3 is 0 Å². The molecular formula is C15H21ClN2O2. The summed E-state index contributed by atoms with van der Waals surface area (Å²) in [6.45, 7) is 4.62. The summed E-state index contributed by atoms with van der Waals surface area (Å²) < 4.78 is 0. The first kappa shape index (κ1) is 16.5. The molecule has 0 aliphatic heterocycles. The quantitative estimate of drug-likeness (QED) is 0.760. The van der Waals surface area contributed by atoms with Gasteiger partial charge in [-0.1, -0.05) is 26.0 Å². The number of rotatable bonds is 7. The molecule has 0 radical (unpaired) electrons. The Bertz CT molecular complexity index is 446. The van der Waals surface area contributed by atoms with E-state index in [1.165, 1.54) is 5.56 Å². The number of amides is 2. The van der Waals surface area contributed by atoms with Gasteiger partial charge in [-0.25, -0.2) is 0 Å². The second kappa shape index (κ2) is 8.59. The van der Waals surface area contributed by atoms with Gasteiger partial charge in [0.05, 0.1) is 0 Å². The molecular weight excluding hydrogens is 276 g/mol. The number of halogens is 1. The lowest BCUT2D eigenvalue weighted by Crippen LogP contribution is -2.28. The van der Waals surface area contributed by atoms with E-state index in [2.05, 4.69) is 24.5 Å². The second-order valence-corrected chi connectivity index (χ2v) is 4.98. The third kappa shape index (κ3) is 5.61. The number of alkyl halides is 1. The van der Waals surface area contributed by atoms with E-state index >= 15 is 0 Å². The minimum absolute atomic E-state index is 0.0846. The maximum atomic E-state index is 11.7. The standard InChI is InChI=1S/C15H21ClN2O2/c1-3-11(2)12-4-6-13(7-5-12)18-14(19)8-9-17-15(20)10-16/h4-7,11H,3,8-10H2,1-2H3,(H,17,20)(H,18,19)/t11-/m0/s1. The van der Waals surface area contributed by atoms with E-state index in [1.54, 1.807) is 0 Å². The summed E-state index contributed by atoms with van der Waals surface area (Å²) in [4.78, 5) is 22.6. The highest BCUT2D eigenvalue weighted by atomic mass is 35.5. The topological polar surface area (TPSA) is 58.2 Å². The second-order valence-electron chi connectivity index (χ2n) is 4.71. The molecule has 110 valence electrons. The van der Waals surface area contributed by atoms with Crippen molar-refractivity contribution in [2.45, 2.75) is 32.6 Å². The van der Waals surface area contributed by atoms with Crippen molar-refractivity contribution in [2.24, 2.45) is 0 Å². The van der Waals surface area contributed by atoms with Crippen molar-refractivity contribution in [1.29, 1.82) is 0 Å². The molecule has 0 spiro atoms. The molecule has 1 atom stereocenters. The van der Waals surface area contributed by atoms with E-state index in [4.69, 9.17) is 11.6 Å². The molecule has 0 saturated carbocycles. The molecule has 0 aromatic heterocycles. The van der Waals surface area contributed by atoms with Crippen LogP contribution in [0.2, 0.25) is 0 Å². The average molecular weight is 297 g/mol. The van der Waals surface area contributed by atoms with Crippen molar-refractivity contribution in [3.8, 4) is 0 Å². The number of benzene rings is 1. The van der Waals surface area contributed by atoms with Crippen LogP contribution in [-0.4, -0.2) is 24.2 Å². The third-order valence-electron chi connectivity index (χ3n) is 3.17. The maximum Gasteiger partial charge on any atom is 0.234 e. The van der Waals surface area contributed by atoms with Crippen LogP contribution in [0.3, 0.4) is 0 Å². The lowest BCUT2D eigenvalue weighted by atomic mass is 9.99. The van der Waals surface area contributed by atoms with Crippen LogP contribution < -0.4 is 10.6 Å². The van der Waals surface area contributed by atoms with E-state index in [0.717, 1.165) is 12.1 Å². The Morgan fingerprint density at radius 2 is 1.85 bits per heavy atom. The van der Waals surface area contributed by atoms with Gasteiger partial charge in [0, 0.05) is 18.7 Å². The maximum absolute atomic E-state index is 11.7. The van der Waals surface area contributed by atoms with E-state index in [0.29, 0.717) is 12.5 Å². The first-order chi connectivity index (χ1) is 9.56. The Kier molecular flexibility index (Phi) is 7.09. The number of hydrogen-bond donors (Lipinski definition) is 2. The third-order valence-corrected chi connectivity index (χ3v) is 3.41. The Labute approximate surface area is 124 Å². The molecule has 1 rings (SSSR count). The molecule has 20 heavy (non-hydrogen) atoms. The molecule has 0 heterocycles. The number of carbonyl (C=O) groups is 2.